The van der Waals surface area contributed by atoms with Crippen molar-refractivity contribution in [3.05, 3.63) is 18.2 Å². The third kappa shape index (κ3) is 4.63. The monoisotopic (exact) mass is 292 g/mol. The fourth-order valence-corrected chi connectivity index (χ4v) is 2.26. The van der Waals surface area contributed by atoms with E-state index in [-0.39, 0.29) is 5.91 Å². The Labute approximate surface area is 126 Å². The second-order valence-corrected chi connectivity index (χ2v) is 5.13. The average molecular weight is 292 g/mol. The summed E-state index contributed by atoms with van der Waals surface area (Å²) in [6, 6.07) is 5.49. The summed E-state index contributed by atoms with van der Waals surface area (Å²) in [6.07, 6.45) is 2.26. The highest BCUT2D eigenvalue weighted by Gasteiger charge is 2.13. The first kappa shape index (κ1) is 15.6. The molecule has 0 radical (unpaired) electrons. The molecule has 5 nitrogen and oxygen atoms in total. The Kier molecular flexibility index (Phi) is 5.87. The number of hydrogen-bond donors (Lipinski definition) is 1. The molecule has 0 spiro atoms. The van der Waals surface area contributed by atoms with Crippen molar-refractivity contribution >= 4 is 11.6 Å². The van der Waals surface area contributed by atoms with Crippen LogP contribution in [-0.4, -0.2) is 43.7 Å². The van der Waals surface area contributed by atoms with Crippen LogP contribution in [0.4, 0.5) is 5.69 Å². The molecule has 2 rings (SSSR count). The molecule has 0 bridgehead atoms. The molecule has 0 aromatic heterocycles. The first-order chi connectivity index (χ1) is 10.2. The van der Waals surface area contributed by atoms with Crippen LogP contribution in [0.1, 0.15) is 26.7 Å². The highest BCUT2D eigenvalue weighted by molar-refractivity contribution is 5.92. The van der Waals surface area contributed by atoms with E-state index in [1.807, 2.05) is 18.2 Å². The van der Waals surface area contributed by atoms with Crippen molar-refractivity contribution in [2.24, 2.45) is 0 Å². The van der Waals surface area contributed by atoms with Crippen LogP contribution in [0.3, 0.4) is 0 Å². The predicted octanol–water partition coefficient (Wildman–Crippen LogP) is 2.52. The smallest absolute Gasteiger partial charge is 0.238 e. The van der Waals surface area contributed by atoms with E-state index in [0.29, 0.717) is 25.5 Å². The number of amides is 1. The summed E-state index contributed by atoms with van der Waals surface area (Å²) in [7, 11) is 0. The van der Waals surface area contributed by atoms with Gasteiger partial charge in [-0.25, -0.2) is 0 Å². The SMILES string of the molecule is CCCCN(CC)CC(=O)Nc1ccc2c(c1)OCCO2. The number of ether oxygens (including phenoxy) is 2. The lowest BCUT2D eigenvalue weighted by Gasteiger charge is -2.21. The Morgan fingerprint density at radius 1 is 1.24 bits per heavy atom. The zero-order valence-electron chi connectivity index (χ0n) is 12.9. The van der Waals surface area contributed by atoms with Gasteiger partial charge in [0.25, 0.3) is 0 Å². The number of carbonyl (C=O) groups excluding carboxylic acids is 1. The van der Waals surface area contributed by atoms with Crippen LogP contribution in [-0.2, 0) is 4.79 Å². The Balaban J connectivity index is 1.90. The number of fused-ring (bicyclic) bond motifs is 1. The van der Waals surface area contributed by atoms with Gasteiger partial charge in [0.1, 0.15) is 13.2 Å². The Morgan fingerprint density at radius 3 is 2.71 bits per heavy atom. The summed E-state index contributed by atoms with van der Waals surface area (Å²) >= 11 is 0. The van der Waals surface area contributed by atoms with Gasteiger partial charge < -0.3 is 14.8 Å². The number of hydrogen-bond acceptors (Lipinski definition) is 4. The predicted molar refractivity (Wildman–Crippen MR) is 83.1 cm³/mol. The summed E-state index contributed by atoms with van der Waals surface area (Å²) in [5.74, 6) is 1.43. The van der Waals surface area contributed by atoms with Crippen molar-refractivity contribution in [3.8, 4) is 11.5 Å². The molecular weight excluding hydrogens is 268 g/mol. The van der Waals surface area contributed by atoms with E-state index in [4.69, 9.17) is 9.47 Å². The molecule has 0 saturated heterocycles. The van der Waals surface area contributed by atoms with E-state index in [2.05, 4.69) is 24.1 Å². The van der Waals surface area contributed by atoms with Gasteiger partial charge in [0.05, 0.1) is 6.54 Å². The van der Waals surface area contributed by atoms with Crippen molar-refractivity contribution in [2.45, 2.75) is 26.7 Å². The van der Waals surface area contributed by atoms with Crippen LogP contribution in [0.2, 0.25) is 0 Å². The van der Waals surface area contributed by atoms with E-state index in [0.717, 1.165) is 37.4 Å². The second-order valence-electron chi connectivity index (χ2n) is 5.13. The van der Waals surface area contributed by atoms with Gasteiger partial charge in [-0.05, 0) is 31.6 Å². The second kappa shape index (κ2) is 7.88. The molecule has 1 amide bonds. The molecule has 1 aromatic rings. The summed E-state index contributed by atoms with van der Waals surface area (Å²) < 4.78 is 11.0. The van der Waals surface area contributed by atoms with E-state index in [1.54, 1.807) is 0 Å². The number of benzene rings is 1. The zero-order chi connectivity index (χ0) is 15.1. The lowest BCUT2D eigenvalue weighted by molar-refractivity contribution is -0.117. The third-order valence-corrected chi connectivity index (χ3v) is 3.47. The van der Waals surface area contributed by atoms with Crippen molar-refractivity contribution in [3.63, 3.8) is 0 Å². The number of anilines is 1. The van der Waals surface area contributed by atoms with Gasteiger partial charge in [-0.1, -0.05) is 20.3 Å². The van der Waals surface area contributed by atoms with Crippen LogP contribution in [0, 0.1) is 0 Å². The van der Waals surface area contributed by atoms with Crippen LogP contribution in [0.15, 0.2) is 18.2 Å². The van der Waals surface area contributed by atoms with E-state index < -0.39 is 0 Å². The van der Waals surface area contributed by atoms with Gasteiger partial charge in [-0.3, -0.25) is 9.69 Å². The molecular formula is C16H24N2O3. The van der Waals surface area contributed by atoms with Crippen molar-refractivity contribution in [2.75, 3.05) is 38.2 Å². The van der Waals surface area contributed by atoms with Crippen LogP contribution in [0.5, 0.6) is 11.5 Å². The van der Waals surface area contributed by atoms with Gasteiger partial charge in [0, 0.05) is 11.8 Å². The molecule has 116 valence electrons. The Bertz CT molecular complexity index is 477. The average Bonchev–Trinajstić information content (AvgIpc) is 2.51. The van der Waals surface area contributed by atoms with Crippen LogP contribution < -0.4 is 14.8 Å². The molecule has 1 heterocycles. The minimum absolute atomic E-state index is 0.00429. The van der Waals surface area contributed by atoms with E-state index in [9.17, 15) is 4.79 Å². The molecule has 0 atom stereocenters. The van der Waals surface area contributed by atoms with Crippen molar-refractivity contribution in [1.29, 1.82) is 0 Å². The van der Waals surface area contributed by atoms with Gasteiger partial charge >= 0.3 is 0 Å². The number of unbranched alkanes of at least 4 members (excludes halogenated alkanes) is 1. The summed E-state index contributed by atoms with van der Waals surface area (Å²) in [6.45, 7) is 7.61. The lowest BCUT2D eigenvalue weighted by atomic mass is 10.2. The minimum atomic E-state index is 0.00429. The first-order valence-corrected chi connectivity index (χ1v) is 7.64. The maximum atomic E-state index is 12.1. The van der Waals surface area contributed by atoms with Crippen LogP contribution in [0.25, 0.3) is 0 Å². The van der Waals surface area contributed by atoms with Gasteiger partial charge in [0.15, 0.2) is 11.5 Å². The van der Waals surface area contributed by atoms with E-state index in [1.165, 1.54) is 0 Å². The maximum absolute atomic E-state index is 12.1. The quantitative estimate of drug-likeness (QED) is 0.839. The molecule has 5 heteroatoms. The van der Waals surface area contributed by atoms with Crippen LogP contribution >= 0.6 is 0 Å². The Hall–Kier alpha value is -1.75. The van der Waals surface area contributed by atoms with Crippen molar-refractivity contribution in [1.82, 2.24) is 4.90 Å². The molecule has 1 aliphatic heterocycles. The van der Waals surface area contributed by atoms with Gasteiger partial charge in [-0.2, -0.15) is 0 Å². The molecule has 0 aliphatic carbocycles. The number of likely N-dealkylation sites (N-methyl/N-ethyl adjacent to an activating group) is 1. The van der Waals surface area contributed by atoms with Crippen molar-refractivity contribution < 1.29 is 14.3 Å². The number of rotatable bonds is 7. The highest BCUT2D eigenvalue weighted by Crippen LogP contribution is 2.32. The van der Waals surface area contributed by atoms with E-state index >= 15 is 0 Å². The molecule has 1 N–H and O–H groups in total. The van der Waals surface area contributed by atoms with Gasteiger partial charge in [-0.15, -0.1) is 0 Å². The fourth-order valence-electron chi connectivity index (χ4n) is 2.26. The number of nitrogens with zero attached hydrogens (tertiary/aromatic N) is 1. The molecule has 1 aliphatic rings. The molecule has 21 heavy (non-hydrogen) atoms. The summed E-state index contributed by atoms with van der Waals surface area (Å²) in [5, 5.41) is 2.92. The highest BCUT2D eigenvalue weighted by atomic mass is 16.6. The van der Waals surface area contributed by atoms with Gasteiger partial charge in [0.2, 0.25) is 5.91 Å². The lowest BCUT2D eigenvalue weighted by Crippen LogP contribution is -2.33. The standard InChI is InChI=1S/C16H24N2O3/c1-3-5-8-18(4-2)12-16(19)17-13-6-7-14-15(11-13)21-10-9-20-14/h6-7,11H,3-5,8-10,12H2,1-2H3,(H,17,19). The third-order valence-electron chi connectivity index (χ3n) is 3.47. The number of carbonyl (C=O) groups is 1. The largest absolute Gasteiger partial charge is 0.486 e. The molecule has 0 saturated carbocycles. The molecule has 0 unspecified atom stereocenters. The molecule has 1 aromatic carbocycles. The first-order valence-electron chi connectivity index (χ1n) is 7.64. The topological polar surface area (TPSA) is 50.8 Å². The molecule has 0 fully saturated rings. The summed E-state index contributed by atoms with van der Waals surface area (Å²) in [5.41, 5.74) is 0.746. The minimum Gasteiger partial charge on any atom is -0.486 e. The normalized spacial score (nSPS) is 13.3. The summed E-state index contributed by atoms with van der Waals surface area (Å²) in [4.78, 5) is 14.2. The maximum Gasteiger partial charge on any atom is 0.238 e. The Morgan fingerprint density at radius 2 is 2.00 bits per heavy atom. The number of nitrogens with one attached hydrogen (secondary N) is 1. The fraction of sp³-hybridized carbons (Fsp3) is 0.562. The zero-order valence-corrected chi connectivity index (χ0v) is 12.9.